The van der Waals surface area contributed by atoms with Crippen molar-refractivity contribution in [1.29, 1.82) is 0 Å². The summed E-state index contributed by atoms with van der Waals surface area (Å²) in [5.74, 6) is -2.98. The van der Waals surface area contributed by atoms with Gasteiger partial charge in [-0.2, -0.15) is 22.0 Å². The molecule has 1 aliphatic rings. The molecule has 0 saturated carbocycles. The average Bonchev–Trinajstić information content (AvgIpc) is 3.23. The predicted molar refractivity (Wildman–Crippen MR) is 118 cm³/mol. The SMILES string of the molecule is CCOC(=O)CC1OC(c2cccc(OC)c2OC(F)F)c2cc(Cl)ccc2-n2c1nnc2C(F)(F)F. The van der Waals surface area contributed by atoms with E-state index < -0.39 is 49.0 Å². The summed E-state index contributed by atoms with van der Waals surface area (Å²) in [5, 5.41) is 7.10. The second-order valence-corrected chi connectivity index (χ2v) is 8.13. The van der Waals surface area contributed by atoms with Crippen LogP contribution in [0.25, 0.3) is 5.69 Å². The smallest absolute Gasteiger partial charge is 0.452 e. The molecular weight excluding hydrogens is 529 g/mol. The predicted octanol–water partition coefficient (Wildman–Crippen LogP) is 5.66. The lowest BCUT2D eigenvalue weighted by atomic mass is 9.98. The highest BCUT2D eigenvalue weighted by molar-refractivity contribution is 6.30. The largest absolute Gasteiger partial charge is 0.493 e. The number of halogens is 6. The van der Waals surface area contributed by atoms with Gasteiger partial charge in [0.15, 0.2) is 17.3 Å². The third-order valence-corrected chi connectivity index (χ3v) is 5.65. The molecule has 2 unspecified atom stereocenters. The molecule has 8 nitrogen and oxygen atoms in total. The quantitative estimate of drug-likeness (QED) is 0.279. The highest BCUT2D eigenvalue weighted by Gasteiger charge is 2.44. The van der Waals surface area contributed by atoms with E-state index in [0.29, 0.717) is 4.57 Å². The maximum Gasteiger partial charge on any atom is 0.452 e. The number of nitrogens with zero attached hydrogens (tertiary/aromatic N) is 3. The summed E-state index contributed by atoms with van der Waals surface area (Å²) in [5.41, 5.74) is -0.0408. The number of alkyl halides is 5. The van der Waals surface area contributed by atoms with Gasteiger partial charge in [-0.3, -0.25) is 9.36 Å². The van der Waals surface area contributed by atoms with Crippen LogP contribution in [0.1, 0.15) is 48.3 Å². The second kappa shape index (κ2) is 10.5. The van der Waals surface area contributed by atoms with E-state index in [1.165, 1.54) is 43.5 Å². The molecule has 0 bridgehead atoms. The number of hydrogen-bond acceptors (Lipinski definition) is 7. The van der Waals surface area contributed by atoms with Gasteiger partial charge in [0.05, 0.1) is 25.8 Å². The normalized spacial score (nSPS) is 17.1. The number of benzene rings is 2. The fraction of sp³-hybridized carbons (Fsp3) is 0.348. The van der Waals surface area contributed by atoms with Crippen LogP contribution in [0.4, 0.5) is 22.0 Å². The highest BCUT2D eigenvalue weighted by Crippen LogP contribution is 2.47. The van der Waals surface area contributed by atoms with E-state index in [1.807, 2.05) is 0 Å². The Bertz CT molecular complexity index is 1300. The molecule has 2 heterocycles. The van der Waals surface area contributed by atoms with Crippen molar-refractivity contribution in [2.24, 2.45) is 0 Å². The molecule has 2 aromatic carbocycles. The van der Waals surface area contributed by atoms with Crippen molar-refractivity contribution in [3.63, 3.8) is 0 Å². The molecule has 0 saturated heterocycles. The third-order valence-electron chi connectivity index (χ3n) is 5.42. The van der Waals surface area contributed by atoms with Crippen LogP contribution in [-0.4, -0.2) is 41.1 Å². The first-order chi connectivity index (χ1) is 17.5. The van der Waals surface area contributed by atoms with E-state index in [9.17, 15) is 26.7 Å². The van der Waals surface area contributed by atoms with Crippen LogP contribution >= 0.6 is 11.6 Å². The maximum atomic E-state index is 14.0. The van der Waals surface area contributed by atoms with Gasteiger partial charge in [-0.15, -0.1) is 10.2 Å². The molecule has 198 valence electrons. The third kappa shape index (κ3) is 5.32. The van der Waals surface area contributed by atoms with Crippen molar-refractivity contribution in [3.05, 3.63) is 64.2 Å². The molecule has 0 fully saturated rings. The van der Waals surface area contributed by atoms with E-state index >= 15 is 0 Å². The fourth-order valence-electron chi connectivity index (χ4n) is 4.03. The minimum atomic E-state index is -4.93. The van der Waals surface area contributed by atoms with Crippen molar-refractivity contribution in [2.75, 3.05) is 13.7 Å². The molecule has 37 heavy (non-hydrogen) atoms. The van der Waals surface area contributed by atoms with Gasteiger partial charge in [-0.05, 0) is 31.2 Å². The van der Waals surface area contributed by atoms with Gasteiger partial charge in [-0.1, -0.05) is 23.7 Å². The molecule has 4 rings (SSSR count). The summed E-state index contributed by atoms with van der Waals surface area (Å²) in [6, 6.07) is 8.17. The number of ether oxygens (including phenoxy) is 4. The monoisotopic (exact) mass is 547 g/mol. The van der Waals surface area contributed by atoms with Crippen molar-refractivity contribution in [1.82, 2.24) is 14.8 Å². The molecule has 2 atom stereocenters. The van der Waals surface area contributed by atoms with Gasteiger partial charge in [-0.25, -0.2) is 0 Å². The van der Waals surface area contributed by atoms with Crippen LogP contribution in [0, 0.1) is 0 Å². The lowest BCUT2D eigenvalue weighted by Gasteiger charge is -2.25. The number of esters is 1. The lowest BCUT2D eigenvalue weighted by molar-refractivity contribution is -0.147. The molecule has 1 aliphatic heterocycles. The highest BCUT2D eigenvalue weighted by atomic mass is 35.5. The Morgan fingerprint density at radius 2 is 1.95 bits per heavy atom. The summed E-state index contributed by atoms with van der Waals surface area (Å²) in [7, 11) is 1.23. The topological polar surface area (TPSA) is 84.7 Å². The van der Waals surface area contributed by atoms with E-state index in [2.05, 4.69) is 10.2 Å². The van der Waals surface area contributed by atoms with Gasteiger partial charge < -0.3 is 18.9 Å². The number of carbonyl (C=O) groups is 1. The minimum Gasteiger partial charge on any atom is -0.493 e. The number of aromatic nitrogens is 3. The van der Waals surface area contributed by atoms with Crippen LogP contribution in [0.5, 0.6) is 11.5 Å². The summed E-state index contributed by atoms with van der Waals surface area (Å²) in [6.07, 6.45) is -8.25. The molecule has 0 radical (unpaired) electrons. The first-order valence-corrected chi connectivity index (χ1v) is 11.2. The number of carbonyl (C=O) groups excluding carboxylic acids is 1. The Kier molecular flexibility index (Phi) is 7.55. The molecule has 0 N–H and O–H groups in total. The number of hydrogen-bond donors (Lipinski definition) is 0. The van der Waals surface area contributed by atoms with Crippen molar-refractivity contribution < 1.29 is 45.7 Å². The summed E-state index contributed by atoms with van der Waals surface area (Å²) < 4.78 is 90.3. The Hall–Kier alpha value is -3.45. The van der Waals surface area contributed by atoms with Gasteiger partial charge in [0.1, 0.15) is 12.2 Å². The standard InChI is InChI=1S/C23H19ClF5N3O5/c1-3-35-17(33)10-16-20-30-31-21(23(27,28)29)32(20)14-8-7-11(24)9-13(14)18(36-16)12-5-4-6-15(34-2)19(12)37-22(25)26/h4-9,16,18,22H,3,10H2,1-2H3. The molecule has 3 aromatic rings. The first kappa shape index (κ1) is 26.6. The molecule has 0 amide bonds. The number of fused-ring (bicyclic) bond motifs is 3. The van der Waals surface area contributed by atoms with E-state index in [1.54, 1.807) is 6.92 Å². The first-order valence-electron chi connectivity index (χ1n) is 10.8. The van der Waals surface area contributed by atoms with Gasteiger partial charge in [0.25, 0.3) is 0 Å². The van der Waals surface area contributed by atoms with E-state index in [0.717, 1.165) is 0 Å². The van der Waals surface area contributed by atoms with E-state index in [4.69, 9.17) is 30.5 Å². The van der Waals surface area contributed by atoms with Crippen molar-refractivity contribution in [3.8, 4) is 17.2 Å². The Labute approximate surface area is 211 Å². The lowest BCUT2D eigenvalue weighted by Crippen LogP contribution is -2.18. The van der Waals surface area contributed by atoms with Crippen LogP contribution in [0.3, 0.4) is 0 Å². The van der Waals surface area contributed by atoms with Crippen LogP contribution in [-0.2, 0) is 20.4 Å². The van der Waals surface area contributed by atoms with Crippen molar-refractivity contribution >= 4 is 17.6 Å². The van der Waals surface area contributed by atoms with Gasteiger partial charge >= 0.3 is 18.8 Å². The number of methoxy groups -OCH3 is 1. The molecular formula is C23H19ClF5N3O5. The van der Waals surface area contributed by atoms with Crippen LogP contribution in [0.2, 0.25) is 5.02 Å². The number of para-hydroxylation sites is 1. The van der Waals surface area contributed by atoms with Crippen LogP contribution in [0.15, 0.2) is 36.4 Å². The Morgan fingerprint density at radius 1 is 1.19 bits per heavy atom. The molecule has 0 aliphatic carbocycles. The fourth-order valence-corrected chi connectivity index (χ4v) is 4.21. The second-order valence-electron chi connectivity index (χ2n) is 7.69. The molecule has 1 aromatic heterocycles. The summed E-state index contributed by atoms with van der Waals surface area (Å²) >= 11 is 6.19. The Morgan fingerprint density at radius 3 is 2.59 bits per heavy atom. The molecule has 14 heteroatoms. The summed E-state index contributed by atoms with van der Waals surface area (Å²) in [4.78, 5) is 12.4. The minimum absolute atomic E-state index is 0.00751. The summed E-state index contributed by atoms with van der Waals surface area (Å²) in [6.45, 7) is -1.69. The van der Waals surface area contributed by atoms with Crippen molar-refractivity contribution in [2.45, 2.75) is 38.3 Å². The van der Waals surface area contributed by atoms with Gasteiger partial charge in [0, 0.05) is 16.1 Å². The zero-order valence-electron chi connectivity index (χ0n) is 19.3. The van der Waals surface area contributed by atoms with E-state index in [-0.39, 0.29) is 40.0 Å². The average molecular weight is 548 g/mol. The van der Waals surface area contributed by atoms with Gasteiger partial charge in [0.2, 0.25) is 5.82 Å². The Balaban J connectivity index is 2.00. The zero-order chi connectivity index (χ0) is 26.9. The molecule has 0 spiro atoms. The zero-order valence-corrected chi connectivity index (χ0v) is 20.0. The van der Waals surface area contributed by atoms with Crippen LogP contribution < -0.4 is 9.47 Å². The maximum absolute atomic E-state index is 14.0. The number of rotatable bonds is 7.